The second kappa shape index (κ2) is 7.54. The molecule has 1 unspecified atom stereocenters. The van der Waals surface area contributed by atoms with Crippen LogP contribution in [0.3, 0.4) is 0 Å². The average molecular weight is 397 g/mol. The van der Waals surface area contributed by atoms with E-state index in [9.17, 15) is 9.18 Å². The summed E-state index contributed by atoms with van der Waals surface area (Å²) in [5.74, 6) is 1.40. The van der Waals surface area contributed by atoms with E-state index in [2.05, 4.69) is 10.1 Å². The predicted molar refractivity (Wildman–Crippen MR) is 104 cm³/mol. The standard InChI is InChI=1S/C21H20FN3O4/c1-12-6-15(4-5-18(12)22)25-11-14(9-19(25)26)21-23-20(24-29-21)13-7-16(27-2)10-17(8-13)28-3/h4-8,10,14H,9,11H2,1-3H3. The molecule has 1 aromatic heterocycles. The number of aromatic nitrogens is 2. The quantitative estimate of drug-likeness (QED) is 0.653. The number of rotatable bonds is 5. The zero-order valence-corrected chi connectivity index (χ0v) is 16.3. The fourth-order valence-corrected chi connectivity index (χ4v) is 3.37. The smallest absolute Gasteiger partial charge is 0.232 e. The fraction of sp³-hybridized carbons (Fsp3) is 0.286. The van der Waals surface area contributed by atoms with Crippen LogP contribution in [0.5, 0.6) is 11.5 Å². The number of aryl methyl sites for hydroxylation is 1. The number of anilines is 1. The highest BCUT2D eigenvalue weighted by atomic mass is 19.1. The largest absolute Gasteiger partial charge is 0.497 e. The number of carbonyl (C=O) groups is 1. The molecule has 150 valence electrons. The minimum Gasteiger partial charge on any atom is -0.497 e. The van der Waals surface area contributed by atoms with Crippen LogP contribution in [0, 0.1) is 12.7 Å². The van der Waals surface area contributed by atoms with Gasteiger partial charge in [-0.1, -0.05) is 5.16 Å². The maximum absolute atomic E-state index is 13.5. The van der Waals surface area contributed by atoms with Gasteiger partial charge in [0.2, 0.25) is 17.6 Å². The number of ether oxygens (including phenoxy) is 2. The van der Waals surface area contributed by atoms with Crippen molar-refractivity contribution in [3.8, 4) is 22.9 Å². The molecule has 29 heavy (non-hydrogen) atoms. The molecule has 2 aromatic carbocycles. The van der Waals surface area contributed by atoms with Gasteiger partial charge in [-0.3, -0.25) is 4.79 Å². The molecule has 7 nitrogen and oxygen atoms in total. The first-order chi connectivity index (χ1) is 14.0. The summed E-state index contributed by atoms with van der Waals surface area (Å²) < 4.78 is 29.5. The molecule has 1 aliphatic heterocycles. The van der Waals surface area contributed by atoms with Crippen molar-refractivity contribution >= 4 is 11.6 Å². The van der Waals surface area contributed by atoms with E-state index in [-0.39, 0.29) is 24.1 Å². The van der Waals surface area contributed by atoms with Crippen molar-refractivity contribution in [2.24, 2.45) is 0 Å². The highest BCUT2D eigenvalue weighted by molar-refractivity contribution is 5.96. The van der Waals surface area contributed by atoms with Crippen molar-refractivity contribution in [3.63, 3.8) is 0 Å². The first-order valence-corrected chi connectivity index (χ1v) is 9.12. The van der Waals surface area contributed by atoms with Gasteiger partial charge in [0, 0.05) is 30.3 Å². The number of methoxy groups -OCH3 is 2. The Bertz CT molecular complexity index is 1040. The number of halogens is 1. The van der Waals surface area contributed by atoms with Gasteiger partial charge in [0.05, 0.1) is 20.1 Å². The minimum atomic E-state index is -0.299. The Morgan fingerprint density at radius 2 is 1.86 bits per heavy atom. The monoisotopic (exact) mass is 397 g/mol. The Balaban J connectivity index is 1.57. The van der Waals surface area contributed by atoms with E-state index in [0.29, 0.717) is 46.6 Å². The third kappa shape index (κ3) is 3.65. The van der Waals surface area contributed by atoms with Gasteiger partial charge in [-0.2, -0.15) is 4.98 Å². The van der Waals surface area contributed by atoms with Crippen LogP contribution in [-0.4, -0.2) is 36.8 Å². The van der Waals surface area contributed by atoms with Gasteiger partial charge < -0.3 is 18.9 Å². The van der Waals surface area contributed by atoms with E-state index >= 15 is 0 Å². The van der Waals surface area contributed by atoms with Gasteiger partial charge in [-0.05, 0) is 42.8 Å². The summed E-state index contributed by atoms with van der Waals surface area (Å²) in [5.41, 5.74) is 1.84. The molecular weight excluding hydrogens is 377 g/mol. The topological polar surface area (TPSA) is 77.7 Å². The second-order valence-electron chi connectivity index (χ2n) is 6.90. The Morgan fingerprint density at radius 3 is 2.52 bits per heavy atom. The van der Waals surface area contributed by atoms with Crippen LogP contribution in [0.1, 0.15) is 23.8 Å². The molecule has 1 atom stereocenters. The molecular formula is C21H20FN3O4. The van der Waals surface area contributed by atoms with Gasteiger partial charge in [-0.15, -0.1) is 0 Å². The molecule has 4 rings (SSSR count). The molecule has 0 bridgehead atoms. The van der Waals surface area contributed by atoms with Crippen molar-refractivity contribution in [3.05, 3.63) is 53.7 Å². The number of hydrogen-bond acceptors (Lipinski definition) is 6. The molecule has 0 saturated carbocycles. The van der Waals surface area contributed by atoms with Crippen LogP contribution in [0.25, 0.3) is 11.4 Å². The number of amides is 1. The summed E-state index contributed by atoms with van der Waals surface area (Å²) in [7, 11) is 3.13. The number of nitrogens with zero attached hydrogens (tertiary/aromatic N) is 3. The molecule has 1 fully saturated rings. The molecule has 0 aliphatic carbocycles. The van der Waals surface area contributed by atoms with Crippen LogP contribution in [0.15, 0.2) is 40.9 Å². The zero-order chi connectivity index (χ0) is 20.5. The van der Waals surface area contributed by atoms with Gasteiger partial charge in [-0.25, -0.2) is 4.39 Å². The Hall–Kier alpha value is -3.42. The molecule has 2 heterocycles. The third-order valence-corrected chi connectivity index (χ3v) is 4.98. The Labute approximate surface area is 167 Å². The fourth-order valence-electron chi connectivity index (χ4n) is 3.37. The third-order valence-electron chi connectivity index (χ3n) is 4.98. The first kappa shape index (κ1) is 18.9. The van der Waals surface area contributed by atoms with Crippen LogP contribution in [0.4, 0.5) is 10.1 Å². The lowest BCUT2D eigenvalue weighted by atomic mass is 10.1. The van der Waals surface area contributed by atoms with E-state index in [4.69, 9.17) is 14.0 Å². The maximum Gasteiger partial charge on any atom is 0.232 e. The van der Waals surface area contributed by atoms with Crippen LogP contribution >= 0.6 is 0 Å². The summed E-state index contributed by atoms with van der Waals surface area (Å²) in [6, 6.07) is 9.95. The summed E-state index contributed by atoms with van der Waals surface area (Å²) in [4.78, 5) is 18.6. The lowest BCUT2D eigenvalue weighted by Gasteiger charge is -2.16. The lowest BCUT2D eigenvalue weighted by Crippen LogP contribution is -2.24. The Morgan fingerprint density at radius 1 is 1.14 bits per heavy atom. The number of benzene rings is 2. The van der Waals surface area contributed by atoms with Crippen molar-refractivity contribution in [1.82, 2.24) is 10.1 Å². The minimum absolute atomic E-state index is 0.0659. The van der Waals surface area contributed by atoms with E-state index in [1.54, 1.807) is 56.4 Å². The molecule has 0 radical (unpaired) electrons. The van der Waals surface area contributed by atoms with Crippen LogP contribution < -0.4 is 14.4 Å². The molecule has 1 amide bonds. The van der Waals surface area contributed by atoms with E-state index in [1.165, 1.54) is 6.07 Å². The first-order valence-electron chi connectivity index (χ1n) is 9.12. The number of hydrogen-bond donors (Lipinski definition) is 0. The zero-order valence-electron chi connectivity index (χ0n) is 16.3. The highest BCUT2D eigenvalue weighted by Crippen LogP contribution is 2.34. The molecule has 0 N–H and O–H groups in total. The SMILES string of the molecule is COc1cc(OC)cc(-c2noc(C3CC(=O)N(c4ccc(F)c(C)c4)C3)n2)c1. The van der Waals surface area contributed by atoms with Gasteiger partial charge in [0.1, 0.15) is 17.3 Å². The second-order valence-corrected chi connectivity index (χ2v) is 6.90. The summed E-state index contributed by atoms with van der Waals surface area (Å²) in [6.45, 7) is 2.07. The maximum atomic E-state index is 13.5. The molecule has 3 aromatic rings. The Kier molecular flexibility index (Phi) is 4.92. The average Bonchev–Trinajstić information content (AvgIpc) is 3.36. The van der Waals surface area contributed by atoms with Crippen LogP contribution in [0.2, 0.25) is 0 Å². The van der Waals surface area contributed by atoms with E-state index in [1.807, 2.05) is 0 Å². The van der Waals surface area contributed by atoms with E-state index in [0.717, 1.165) is 0 Å². The van der Waals surface area contributed by atoms with Crippen molar-refractivity contribution in [1.29, 1.82) is 0 Å². The number of carbonyl (C=O) groups excluding carboxylic acids is 1. The van der Waals surface area contributed by atoms with E-state index < -0.39 is 0 Å². The summed E-state index contributed by atoms with van der Waals surface area (Å²) in [6.07, 6.45) is 0.249. The van der Waals surface area contributed by atoms with Crippen molar-refractivity contribution < 1.29 is 23.2 Å². The molecule has 1 aliphatic rings. The van der Waals surface area contributed by atoms with Gasteiger partial charge in [0.25, 0.3) is 0 Å². The highest BCUT2D eigenvalue weighted by Gasteiger charge is 2.35. The normalized spacial score (nSPS) is 16.3. The summed E-state index contributed by atoms with van der Waals surface area (Å²) >= 11 is 0. The van der Waals surface area contributed by atoms with Crippen molar-refractivity contribution in [2.75, 3.05) is 25.7 Å². The van der Waals surface area contributed by atoms with Gasteiger partial charge in [0.15, 0.2) is 0 Å². The molecule has 1 saturated heterocycles. The molecule has 8 heteroatoms. The molecule has 0 spiro atoms. The lowest BCUT2D eigenvalue weighted by molar-refractivity contribution is -0.117. The summed E-state index contributed by atoms with van der Waals surface area (Å²) in [5, 5.41) is 4.05. The predicted octanol–water partition coefficient (Wildman–Crippen LogP) is 3.72. The van der Waals surface area contributed by atoms with Gasteiger partial charge >= 0.3 is 0 Å². The van der Waals surface area contributed by atoms with Crippen LogP contribution in [-0.2, 0) is 4.79 Å². The van der Waals surface area contributed by atoms with Crippen molar-refractivity contribution in [2.45, 2.75) is 19.3 Å².